The molecular weight excluding hydrogens is 340 g/mol. The van der Waals surface area contributed by atoms with E-state index in [4.69, 9.17) is 0 Å². The van der Waals surface area contributed by atoms with E-state index in [0.29, 0.717) is 12.3 Å². The molecule has 25 heavy (non-hydrogen) atoms. The average Bonchev–Trinajstić information content (AvgIpc) is 3.05. The minimum atomic E-state index is -4.57. The van der Waals surface area contributed by atoms with Crippen LogP contribution in [0.3, 0.4) is 0 Å². The monoisotopic (exact) mass is 372 g/mol. The van der Waals surface area contributed by atoms with Crippen LogP contribution >= 0.6 is 0 Å². The lowest BCUT2D eigenvalue weighted by Gasteiger charge is -2.38. The highest BCUT2D eigenvalue weighted by Crippen LogP contribution is 2.66. The van der Waals surface area contributed by atoms with Crippen LogP contribution in [0.4, 0.5) is 0 Å². The normalized spacial score (nSPS) is 30.2. The SMILES string of the molecule is CC1(C)[C@H]2CC[C@]1(C)[C@H](OS(=O)(=O)[O-])C2.CCCCn1cc[n+](C)c1. The maximum atomic E-state index is 10.6. The van der Waals surface area contributed by atoms with Crippen LogP contribution in [0.15, 0.2) is 18.7 Å². The number of aryl methyl sites for hydroxylation is 2. The van der Waals surface area contributed by atoms with Crippen molar-refractivity contribution in [2.24, 2.45) is 23.8 Å². The van der Waals surface area contributed by atoms with E-state index < -0.39 is 16.5 Å². The standard InChI is InChI=1S/C10H18O4S.C8H15N2/c1-9(2)7-4-5-10(9,3)8(6-7)14-15(11,12)13;1-3-4-5-10-7-6-9(2)8-10/h7-8H,4-6H2,1-3H3,(H,11,12,13);6-8H,3-5H2,1-2H3/q;+1/p-1/t7-,8+,10+;/m0./s1. The van der Waals surface area contributed by atoms with E-state index in [0.717, 1.165) is 19.4 Å². The van der Waals surface area contributed by atoms with Crippen molar-refractivity contribution in [3.63, 3.8) is 0 Å². The molecule has 2 saturated carbocycles. The second-order valence-electron chi connectivity index (χ2n) is 8.27. The molecule has 1 heterocycles. The predicted octanol–water partition coefficient (Wildman–Crippen LogP) is 2.79. The van der Waals surface area contributed by atoms with Crippen LogP contribution in [-0.2, 0) is 28.2 Å². The first-order valence-corrected chi connectivity index (χ1v) is 10.5. The highest BCUT2D eigenvalue weighted by Gasteiger charge is 2.62. The molecule has 0 N–H and O–H groups in total. The van der Waals surface area contributed by atoms with E-state index in [1.165, 1.54) is 12.8 Å². The van der Waals surface area contributed by atoms with Gasteiger partial charge >= 0.3 is 0 Å². The number of unbranched alkanes of at least 4 members (excludes halogenated alkanes) is 1. The topological polar surface area (TPSA) is 75.2 Å². The van der Waals surface area contributed by atoms with E-state index in [1.54, 1.807) is 0 Å². The van der Waals surface area contributed by atoms with Gasteiger partial charge in [0.25, 0.3) is 0 Å². The molecule has 0 unspecified atom stereocenters. The van der Waals surface area contributed by atoms with Crippen LogP contribution in [0.5, 0.6) is 0 Å². The van der Waals surface area contributed by atoms with Gasteiger partial charge in [-0.05, 0) is 37.0 Å². The molecule has 2 bridgehead atoms. The maximum Gasteiger partial charge on any atom is 0.243 e. The Hall–Kier alpha value is -0.920. The van der Waals surface area contributed by atoms with E-state index in [-0.39, 0.29) is 10.8 Å². The molecule has 3 rings (SSSR count). The number of nitrogens with zero attached hydrogens (tertiary/aromatic N) is 2. The van der Waals surface area contributed by atoms with Gasteiger partial charge in [-0.2, -0.15) is 0 Å². The van der Waals surface area contributed by atoms with E-state index in [1.807, 2.05) is 14.0 Å². The smallest absolute Gasteiger partial charge is 0.243 e. The van der Waals surface area contributed by atoms with Crippen LogP contribution in [0.1, 0.15) is 59.8 Å². The van der Waals surface area contributed by atoms with Gasteiger partial charge in [-0.25, -0.2) is 17.6 Å². The number of hydrogen-bond acceptors (Lipinski definition) is 4. The first kappa shape index (κ1) is 20.4. The zero-order valence-electron chi connectivity index (χ0n) is 16.1. The quantitative estimate of drug-likeness (QED) is 0.452. The number of imidazole rings is 1. The zero-order valence-corrected chi connectivity index (χ0v) is 16.9. The van der Waals surface area contributed by atoms with Crippen LogP contribution in [0.2, 0.25) is 0 Å². The molecular formula is C18H32N2O4S. The fraction of sp³-hybridized carbons (Fsp3) is 0.833. The first-order chi connectivity index (χ1) is 11.5. The summed E-state index contributed by atoms with van der Waals surface area (Å²) in [5.74, 6) is 0.481. The molecule has 7 heteroatoms. The minimum absolute atomic E-state index is 0.0718. The highest BCUT2D eigenvalue weighted by atomic mass is 32.3. The summed E-state index contributed by atoms with van der Waals surface area (Å²) in [6.07, 6.45) is 11.2. The summed E-state index contributed by atoms with van der Waals surface area (Å²) in [7, 11) is -2.52. The largest absolute Gasteiger partial charge is 0.726 e. The second-order valence-corrected chi connectivity index (χ2v) is 9.28. The molecule has 6 nitrogen and oxygen atoms in total. The van der Waals surface area contributed by atoms with Gasteiger partial charge in [0, 0.05) is 5.41 Å². The van der Waals surface area contributed by atoms with Crippen molar-refractivity contribution < 1.29 is 21.7 Å². The Morgan fingerprint density at radius 1 is 1.36 bits per heavy atom. The van der Waals surface area contributed by atoms with Gasteiger partial charge in [-0.1, -0.05) is 34.1 Å². The molecule has 3 atom stereocenters. The summed E-state index contributed by atoms with van der Waals surface area (Å²) in [4.78, 5) is 0. The number of rotatable bonds is 5. The molecule has 0 aliphatic heterocycles. The van der Waals surface area contributed by atoms with Gasteiger partial charge in [0.2, 0.25) is 16.7 Å². The lowest BCUT2D eigenvalue weighted by molar-refractivity contribution is -0.671. The molecule has 1 aromatic rings. The van der Waals surface area contributed by atoms with Gasteiger partial charge in [-0.15, -0.1) is 0 Å². The summed E-state index contributed by atoms with van der Waals surface area (Å²) < 4.78 is 40.9. The molecule has 144 valence electrons. The Kier molecular flexibility index (Phi) is 6.01. The van der Waals surface area contributed by atoms with E-state index in [9.17, 15) is 13.0 Å². The number of fused-ring (bicyclic) bond motifs is 2. The molecule has 0 amide bonds. The molecule has 0 aromatic carbocycles. The van der Waals surface area contributed by atoms with Gasteiger partial charge in [0.1, 0.15) is 12.4 Å². The lowest BCUT2D eigenvalue weighted by atomic mass is 9.70. The summed E-state index contributed by atoms with van der Waals surface area (Å²) in [5.41, 5.74) is -0.0997. The van der Waals surface area contributed by atoms with Crippen LogP contribution < -0.4 is 4.57 Å². The van der Waals surface area contributed by atoms with Crippen molar-refractivity contribution in [2.45, 2.75) is 72.4 Å². The fourth-order valence-electron chi connectivity index (χ4n) is 4.39. The molecule has 0 saturated heterocycles. The van der Waals surface area contributed by atoms with Crippen molar-refractivity contribution in [1.29, 1.82) is 0 Å². The van der Waals surface area contributed by atoms with Crippen molar-refractivity contribution in [3.05, 3.63) is 18.7 Å². The third-order valence-corrected chi connectivity index (χ3v) is 7.01. The maximum absolute atomic E-state index is 10.6. The summed E-state index contributed by atoms with van der Waals surface area (Å²) in [6, 6.07) is 0. The average molecular weight is 373 g/mol. The van der Waals surface area contributed by atoms with Crippen molar-refractivity contribution in [1.82, 2.24) is 4.57 Å². The Balaban J connectivity index is 0.000000196. The molecule has 2 aliphatic carbocycles. The predicted molar refractivity (Wildman–Crippen MR) is 94.3 cm³/mol. The van der Waals surface area contributed by atoms with Crippen LogP contribution in [0.25, 0.3) is 0 Å². The number of aromatic nitrogens is 2. The van der Waals surface area contributed by atoms with E-state index in [2.05, 4.69) is 52.8 Å². The summed E-state index contributed by atoms with van der Waals surface area (Å²) in [6.45, 7) is 9.69. The van der Waals surface area contributed by atoms with Crippen molar-refractivity contribution in [2.75, 3.05) is 0 Å². The third-order valence-electron chi connectivity index (χ3n) is 6.54. The second kappa shape index (κ2) is 7.37. The van der Waals surface area contributed by atoms with Gasteiger partial charge in [0.05, 0.1) is 19.7 Å². The Morgan fingerprint density at radius 3 is 2.44 bits per heavy atom. The zero-order chi connectivity index (χ0) is 18.9. The Morgan fingerprint density at radius 2 is 2.04 bits per heavy atom. The van der Waals surface area contributed by atoms with Gasteiger partial charge in [-0.3, -0.25) is 4.18 Å². The van der Waals surface area contributed by atoms with Crippen molar-refractivity contribution >= 4 is 10.4 Å². The highest BCUT2D eigenvalue weighted by molar-refractivity contribution is 7.80. The molecule has 0 spiro atoms. The van der Waals surface area contributed by atoms with Crippen molar-refractivity contribution in [3.8, 4) is 0 Å². The fourth-order valence-corrected chi connectivity index (χ4v) is 4.97. The minimum Gasteiger partial charge on any atom is -0.726 e. The van der Waals surface area contributed by atoms with Crippen LogP contribution in [-0.4, -0.2) is 23.6 Å². The molecule has 0 radical (unpaired) electrons. The molecule has 2 aliphatic rings. The molecule has 1 aromatic heterocycles. The van der Waals surface area contributed by atoms with Gasteiger partial charge < -0.3 is 4.55 Å². The Bertz CT molecular complexity index is 683. The van der Waals surface area contributed by atoms with Gasteiger partial charge in [0.15, 0.2) is 0 Å². The summed E-state index contributed by atoms with van der Waals surface area (Å²) >= 11 is 0. The molecule has 2 fully saturated rings. The lowest BCUT2D eigenvalue weighted by Crippen LogP contribution is -2.38. The van der Waals surface area contributed by atoms with Crippen LogP contribution in [0, 0.1) is 16.7 Å². The third kappa shape index (κ3) is 4.44. The van der Waals surface area contributed by atoms with E-state index >= 15 is 0 Å². The Labute approximate surface area is 152 Å². The first-order valence-electron chi connectivity index (χ1n) is 9.14. The number of hydrogen-bond donors (Lipinski definition) is 0. The summed E-state index contributed by atoms with van der Waals surface area (Å²) in [5, 5.41) is 0.